The molecule has 0 aromatic carbocycles. The molecule has 102 valence electrons. The number of anilines is 1. The Morgan fingerprint density at radius 3 is 3.17 bits per heavy atom. The average molecular weight is 253 g/mol. The van der Waals surface area contributed by atoms with Crippen LogP contribution in [0.4, 0.5) is 6.01 Å². The lowest BCUT2D eigenvalue weighted by Gasteiger charge is -2.33. The number of nitrogens with one attached hydrogen (secondary N) is 1. The Labute approximate surface area is 109 Å². The second kappa shape index (κ2) is 6.75. The summed E-state index contributed by atoms with van der Waals surface area (Å²) in [4.78, 5) is 6.76. The second-order valence-corrected chi connectivity index (χ2v) is 4.63. The zero-order valence-corrected chi connectivity index (χ0v) is 11.3. The van der Waals surface area contributed by atoms with Crippen molar-refractivity contribution >= 4 is 6.01 Å². The topological polar surface area (TPSA) is 50.5 Å². The van der Waals surface area contributed by atoms with Crippen LogP contribution in [0, 0.1) is 0 Å². The van der Waals surface area contributed by atoms with Crippen molar-refractivity contribution in [3.8, 4) is 0 Å². The molecular formula is C13H23N3O2. The molecular weight excluding hydrogens is 230 g/mol. The Morgan fingerprint density at radius 2 is 2.39 bits per heavy atom. The number of hydrogen-bond acceptors (Lipinski definition) is 5. The van der Waals surface area contributed by atoms with Crippen LogP contribution in [0.2, 0.25) is 0 Å². The van der Waals surface area contributed by atoms with Gasteiger partial charge in [-0.15, -0.1) is 0 Å². The van der Waals surface area contributed by atoms with Crippen LogP contribution < -0.4 is 10.2 Å². The molecule has 0 bridgehead atoms. The second-order valence-electron chi connectivity index (χ2n) is 4.63. The Morgan fingerprint density at radius 1 is 1.50 bits per heavy atom. The molecule has 0 amide bonds. The first-order chi connectivity index (χ1) is 8.85. The highest BCUT2D eigenvalue weighted by Gasteiger charge is 2.25. The summed E-state index contributed by atoms with van der Waals surface area (Å²) in [5.74, 6) is 0. The molecule has 5 nitrogen and oxygen atoms in total. The Hall–Kier alpha value is -1.07. The molecule has 18 heavy (non-hydrogen) atoms. The zero-order chi connectivity index (χ0) is 12.8. The summed E-state index contributed by atoms with van der Waals surface area (Å²) in [5.41, 5.74) is 0.972. The van der Waals surface area contributed by atoms with Gasteiger partial charge in [-0.05, 0) is 19.4 Å². The average Bonchev–Trinajstić information content (AvgIpc) is 2.88. The molecule has 1 aromatic rings. The summed E-state index contributed by atoms with van der Waals surface area (Å²) in [7, 11) is 0. The van der Waals surface area contributed by atoms with Crippen LogP contribution in [0.15, 0.2) is 10.7 Å². The Balaban J connectivity index is 1.95. The van der Waals surface area contributed by atoms with Crippen molar-refractivity contribution < 1.29 is 9.15 Å². The molecule has 1 unspecified atom stereocenters. The van der Waals surface area contributed by atoms with Gasteiger partial charge in [-0.2, -0.15) is 4.98 Å². The summed E-state index contributed by atoms with van der Waals surface area (Å²) < 4.78 is 11.1. The van der Waals surface area contributed by atoms with E-state index in [1.54, 1.807) is 6.26 Å². The van der Waals surface area contributed by atoms with E-state index in [9.17, 15) is 0 Å². The molecule has 2 rings (SSSR count). The largest absolute Gasteiger partial charge is 0.432 e. The highest BCUT2D eigenvalue weighted by atomic mass is 16.5. The minimum Gasteiger partial charge on any atom is -0.432 e. The van der Waals surface area contributed by atoms with E-state index in [2.05, 4.69) is 29.0 Å². The maximum atomic E-state index is 5.59. The van der Waals surface area contributed by atoms with Crippen LogP contribution in [0.1, 0.15) is 32.4 Å². The van der Waals surface area contributed by atoms with E-state index >= 15 is 0 Å². The predicted octanol–water partition coefficient (Wildman–Crippen LogP) is 1.79. The number of hydrogen-bond donors (Lipinski definition) is 1. The molecule has 1 saturated heterocycles. The first kappa shape index (κ1) is 13.4. The van der Waals surface area contributed by atoms with Crippen LogP contribution in [-0.4, -0.2) is 37.3 Å². The van der Waals surface area contributed by atoms with E-state index in [1.165, 1.54) is 0 Å². The van der Waals surface area contributed by atoms with Gasteiger partial charge in [0, 0.05) is 13.1 Å². The highest BCUT2D eigenvalue weighted by molar-refractivity contribution is 5.29. The van der Waals surface area contributed by atoms with Crippen molar-refractivity contribution in [2.24, 2.45) is 0 Å². The third kappa shape index (κ3) is 3.23. The van der Waals surface area contributed by atoms with Gasteiger partial charge in [-0.3, -0.25) is 0 Å². The van der Waals surface area contributed by atoms with Gasteiger partial charge < -0.3 is 19.4 Å². The number of rotatable bonds is 6. The van der Waals surface area contributed by atoms with E-state index < -0.39 is 0 Å². The molecule has 1 fully saturated rings. The fraction of sp³-hybridized carbons (Fsp3) is 0.769. The van der Waals surface area contributed by atoms with Crippen LogP contribution in [0.25, 0.3) is 0 Å². The van der Waals surface area contributed by atoms with Crippen molar-refractivity contribution in [2.45, 2.75) is 39.3 Å². The monoisotopic (exact) mass is 253 g/mol. The fourth-order valence-corrected chi connectivity index (χ4v) is 2.15. The molecule has 0 saturated carbocycles. The van der Waals surface area contributed by atoms with E-state index in [1.807, 2.05) is 0 Å². The van der Waals surface area contributed by atoms with E-state index in [4.69, 9.17) is 9.15 Å². The lowest BCUT2D eigenvalue weighted by Crippen LogP contribution is -2.45. The number of morpholine rings is 1. The van der Waals surface area contributed by atoms with Crippen molar-refractivity contribution in [3.05, 3.63) is 12.0 Å². The van der Waals surface area contributed by atoms with Crippen molar-refractivity contribution in [1.29, 1.82) is 0 Å². The zero-order valence-electron chi connectivity index (χ0n) is 11.3. The third-order valence-electron chi connectivity index (χ3n) is 3.22. The Kier molecular flexibility index (Phi) is 5.01. The van der Waals surface area contributed by atoms with Gasteiger partial charge in [0.1, 0.15) is 6.26 Å². The summed E-state index contributed by atoms with van der Waals surface area (Å²) in [5, 5.41) is 3.33. The first-order valence-electron chi connectivity index (χ1n) is 6.84. The summed E-state index contributed by atoms with van der Waals surface area (Å²) >= 11 is 0. The Bertz CT molecular complexity index is 354. The lowest BCUT2D eigenvalue weighted by molar-refractivity contribution is 0.0901. The smallest absolute Gasteiger partial charge is 0.297 e. The van der Waals surface area contributed by atoms with E-state index in [-0.39, 0.29) is 0 Å². The lowest BCUT2D eigenvalue weighted by atomic mass is 10.2. The van der Waals surface area contributed by atoms with Gasteiger partial charge >= 0.3 is 0 Å². The molecule has 1 N–H and O–H groups in total. The maximum Gasteiger partial charge on any atom is 0.297 e. The van der Waals surface area contributed by atoms with Crippen molar-refractivity contribution in [3.63, 3.8) is 0 Å². The summed E-state index contributed by atoms with van der Waals surface area (Å²) in [6, 6.07) is 1.12. The van der Waals surface area contributed by atoms with E-state index in [0.717, 1.165) is 57.4 Å². The summed E-state index contributed by atoms with van der Waals surface area (Å²) in [6.45, 7) is 8.49. The minimum atomic E-state index is 0.383. The molecule has 5 heteroatoms. The quantitative estimate of drug-likeness (QED) is 0.783. The molecule has 0 radical (unpaired) electrons. The third-order valence-corrected chi connectivity index (χ3v) is 3.22. The predicted molar refractivity (Wildman–Crippen MR) is 70.7 cm³/mol. The first-order valence-corrected chi connectivity index (χ1v) is 6.84. The standard InChI is InChI=1S/C13H23N3O2/c1-3-5-14-8-11-9-18-13(15-11)16-6-7-17-10-12(16)4-2/h9,12,14H,3-8,10H2,1-2H3. The molecule has 0 aliphatic carbocycles. The normalized spacial score (nSPS) is 20.3. The van der Waals surface area contributed by atoms with E-state index in [0.29, 0.717) is 6.04 Å². The van der Waals surface area contributed by atoms with Crippen LogP contribution in [0.3, 0.4) is 0 Å². The highest BCUT2D eigenvalue weighted by Crippen LogP contribution is 2.20. The maximum absolute atomic E-state index is 5.59. The van der Waals surface area contributed by atoms with Gasteiger partial charge in [0.15, 0.2) is 0 Å². The van der Waals surface area contributed by atoms with Crippen molar-refractivity contribution in [1.82, 2.24) is 10.3 Å². The number of oxazole rings is 1. The SMILES string of the molecule is CCCNCc1coc(N2CCOCC2CC)n1. The van der Waals surface area contributed by atoms with Gasteiger partial charge in [-0.1, -0.05) is 13.8 Å². The van der Waals surface area contributed by atoms with Crippen LogP contribution in [0.5, 0.6) is 0 Å². The molecule has 0 spiro atoms. The number of aromatic nitrogens is 1. The van der Waals surface area contributed by atoms with Crippen LogP contribution in [-0.2, 0) is 11.3 Å². The number of nitrogens with zero attached hydrogens (tertiary/aromatic N) is 2. The van der Waals surface area contributed by atoms with Crippen LogP contribution >= 0.6 is 0 Å². The fourth-order valence-electron chi connectivity index (χ4n) is 2.15. The summed E-state index contributed by atoms with van der Waals surface area (Å²) in [6.07, 6.45) is 3.93. The molecule has 1 aliphatic heterocycles. The van der Waals surface area contributed by atoms with Gasteiger partial charge in [0.05, 0.1) is 24.9 Å². The molecule has 2 heterocycles. The minimum absolute atomic E-state index is 0.383. The molecule has 1 aliphatic rings. The van der Waals surface area contributed by atoms with Gasteiger partial charge in [-0.25, -0.2) is 0 Å². The number of ether oxygens (including phenoxy) is 1. The molecule has 1 atom stereocenters. The molecule has 1 aromatic heterocycles. The van der Waals surface area contributed by atoms with Gasteiger partial charge in [0.2, 0.25) is 0 Å². The van der Waals surface area contributed by atoms with Crippen molar-refractivity contribution in [2.75, 3.05) is 31.2 Å². The van der Waals surface area contributed by atoms with Gasteiger partial charge in [0.25, 0.3) is 6.01 Å².